The van der Waals surface area contributed by atoms with Gasteiger partial charge < -0.3 is 11.6 Å². The van der Waals surface area contributed by atoms with E-state index in [9.17, 15) is 0 Å². The second-order valence-electron chi connectivity index (χ2n) is 0.283. The molecule has 0 aromatic heterocycles. The molecule has 0 spiro atoms. The van der Waals surface area contributed by atoms with E-state index in [2.05, 4.69) is 0 Å². The second-order valence-corrected chi connectivity index (χ2v) is 0.283. The Balaban J connectivity index is -0.0000000150. The van der Waals surface area contributed by atoms with Gasteiger partial charge in [-0.25, -0.2) is 4.79 Å². The van der Waals surface area contributed by atoms with Crippen molar-refractivity contribution in [3.8, 4) is 0 Å². The molecule has 0 aromatic rings. The molecule has 0 amide bonds. The molecule has 2 N–H and O–H groups in total. The molecule has 0 aliphatic heterocycles. The van der Waals surface area contributed by atoms with Crippen molar-refractivity contribution >= 4 is 6.16 Å². The van der Waals surface area contributed by atoms with E-state index in [1.807, 2.05) is 0 Å². The van der Waals surface area contributed by atoms with E-state index in [1.165, 1.54) is 0 Å². The minimum atomic E-state index is -1.83. The summed E-state index contributed by atoms with van der Waals surface area (Å²) < 4.78 is 0. The fraction of sp³-hybridized carbons (Fsp3) is 0. The molecule has 0 unspecified atom stereocenters. The molecule has 0 saturated carbocycles. The van der Waals surface area contributed by atoms with Crippen molar-refractivity contribution in [2.45, 2.75) is 0 Å². The van der Waals surface area contributed by atoms with Crippen molar-refractivity contribution in [1.82, 2.24) is 0 Å². The summed E-state index contributed by atoms with van der Waals surface area (Å²) in [5.74, 6) is 0. The molecular weight excluding hydrogens is 83.0 g/mol. The van der Waals surface area contributed by atoms with Crippen molar-refractivity contribution < 1.29 is 47.4 Å². The van der Waals surface area contributed by atoms with Crippen LogP contribution in [0.3, 0.4) is 0 Å². The normalized spacial score (nSPS) is 4.80. The third-order valence-electron chi connectivity index (χ3n) is 0. The first-order chi connectivity index (χ1) is 1.73. The van der Waals surface area contributed by atoms with E-state index < -0.39 is 6.16 Å². The summed E-state index contributed by atoms with van der Waals surface area (Å²) in [6.45, 7) is 0. The van der Waals surface area contributed by atoms with Crippen LogP contribution in [0.25, 0.3) is 0 Å². The molecule has 0 bridgehead atoms. The molecule has 0 atom stereocenters. The van der Waals surface area contributed by atoms with Gasteiger partial charge in [-0.2, -0.15) is 0 Å². The number of carbonyl (C=O) groups is 1. The number of hydrogen-bond donors (Lipinski definition) is 2. The van der Waals surface area contributed by atoms with Crippen LogP contribution < -0.4 is 29.6 Å². The molecular formula is CH4NaO3+. The largest absolute Gasteiger partial charge is 1.00 e. The van der Waals surface area contributed by atoms with Crippen LogP contribution in [0.5, 0.6) is 0 Å². The van der Waals surface area contributed by atoms with Gasteiger partial charge in [-0.05, 0) is 0 Å². The molecule has 0 aliphatic carbocycles. The quantitative estimate of drug-likeness (QED) is 0.320. The molecule has 0 heterocycles. The second kappa shape index (κ2) is 4.27. The third kappa shape index (κ3) is 302. The summed E-state index contributed by atoms with van der Waals surface area (Å²) >= 11 is 0. The van der Waals surface area contributed by atoms with Crippen molar-refractivity contribution in [2.24, 2.45) is 0 Å². The van der Waals surface area contributed by atoms with E-state index in [4.69, 9.17) is 15.0 Å². The van der Waals surface area contributed by atoms with Gasteiger partial charge in [-0.1, -0.05) is 0 Å². The Morgan fingerprint density at radius 1 is 1.80 bits per heavy atom. The summed E-state index contributed by atoms with van der Waals surface area (Å²) in [4.78, 5) is 8.56. The first-order valence-electron chi connectivity index (χ1n) is 0.651. The average molecular weight is 87.0 g/mol. The minimum absolute atomic E-state index is 0. The van der Waals surface area contributed by atoms with Gasteiger partial charge >= 0.3 is 37.1 Å². The molecule has 0 rings (SSSR count). The molecule has 0 saturated heterocycles. The Bertz CT molecular complexity index is 35.9. The van der Waals surface area contributed by atoms with E-state index >= 15 is 0 Å². The summed E-state index contributed by atoms with van der Waals surface area (Å²) in [6.07, 6.45) is -1.83. The summed E-state index contributed by atoms with van der Waals surface area (Å²) in [7, 11) is 0. The standard InChI is InChI=1S/CH2O3.Na.H/c2-1(3)4;;/h(H2,2,3,4);;/q;+1;-1/p+1. The fourth-order valence-corrected chi connectivity index (χ4v) is 0. The Kier molecular flexibility index (Phi) is 7.67. The van der Waals surface area contributed by atoms with E-state index in [-0.39, 0.29) is 32.4 Å². The number of hydrogen-bond acceptors (Lipinski definition) is 1. The van der Waals surface area contributed by atoms with Crippen molar-refractivity contribution in [1.29, 1.82) is 0 Å². The van der Waals surface area contributed by atoms with E-state index in [1.54, 1.807) is 0 Å². The first kappa shape index (κ1) is 8.99. The maximum absolute atomic E-state index is 8.56. The van der Waals surface area contributed by atoms with Gasteiger partial charge in [0.05, 0.1) is 0 Å². The van der Waals surface area contributed by atoms with Gasteiger partial charge in [-0.15, -0.1) is 0 Å². The monoisotopic (exact) mass is 87.0 g/mol. The Morgan fingerprint density at radius 2 is 1.80 bits per heavy atom. The van der Waals surface area contributed by atoms with E-state index in [0.29, 0.717) is 0 Å². The Labute approximate surface area is 53.9 Å². The maximum Gasteiger partial charge on any atom is 1.00 e. The molecule has 0 aliphatic rings. The first-order valence-corrected chi connectivity index (χ1v) is 0.651. The van der Waals surface area contributed by atoms with Gasteiger partial charge in [0.15, 0.2) is 0 Å². The summed E-state index contributed by atoms with van der Waals surface area (Å²) in [6, 6.07) is 0. The van der Waals surface area contributed by atoms with Gasteiger partial charge in [0.1, 0.15) is 0 Å². The smallest absolute Gasteiger partial charge is 1.00 e. The van der Waals surface area contributed by atoms with Crippen LogP contribution in [-0.4, -0.2) is 16.4 Å². The summed E-state index contributed by atoms with van der Waals surface area (Å²) in [5, 5.41) is 13.9. The van der Waals surface area contributed by atoms with Gasteiger partial charge in [0.2, 0.25) is 0 Å². The molecule has 0 aromatic carbocycles. The fourth-order valence-electron chi connectivity index (χ4n) is 0. The predicted octanol–water partition coefficient (Wildman–Crippen LogP) is -2.55. The maximum atomic E-state index is 8.56. The topological polar surface area (TPSA) is 57.5 Å². The zero-order valence-corrected chi connectivity index (χ0v) is 4.80. The van der Waals surface area contributed by atoms with Crippen LogP contribution in [0.2, 0.25) is 0 Å². The Hall–Kier alpha value is 0.270. The number of carboxylic acid groups (broad SMARTS) is 2. The minimum Gasteiger partial charge on any atom is -1.00 e. The van der Waals surface area contributed by atoms with Crippen LogP contribution in [0.15, 0.2) is 0 Å². The molecule has 5 heavy (non-hydrogen) atoms. The Morgan fingerprint density at radius 3 is 1.80 bits per heavy atom. The molecule has 0 radical (unpaired) electrons. The number of rotatable bonds is 0. The molecule has 4 heteroatoms. The molecule has 0 fully saturated rings. The van der Waals surface area contributed by atoms with Gasteiger partial charge in [0, 0.05) is 0 Å². The molecule has 26 valence electrons. The third-order valence-corrected chi connectivity index (χ3v) is 0. The van der Waals surface area contributed by atoms with Crippen LogP contribution in [-0.2, 0) is 0 Å². The zero-order valence-electron chi connectivity index (χ0n) is 4.80. The van der Waals surface area contributed by atoms with Gasteiger partial charge in [0.25, 0.3) is 0 Å². The van der Waals surface area contributed by atoms with Crippen molar-refractivity contribution in [2.75, 3.05) is 0 Å². The van der Waals surface area contributed by atoms with Crippen molar-refractivity contribution in [3.63, 3.8) is 0 Å². The molecule has 3 nitrogen and oxygen atoms in total. The van der Waals surface area contributed by atoms with Crippen LogP contribution >= 0.6 is 0 Å². The van der Waals surface area contributed by atoms with Crippen molar-refractivity contribution in [3.05, 3.63) is 0 Å². The van der Waals surface area contributed by atoms with Crippen LogP contribution in [0.1, 0.15) is 2.85 Å². The average Bonchev–Trinajstić information content (AvgIpc) is 0.811. The van der Waals surface area contributed by atoms with E-state index in [0.717, 1.165) is 0 Å². The zero-order chi connectivity index (χ0) is 3.58. The predicted molar refractivity (Wildman–Crippen MR) is 12.9 cm³/mol. The summed E-state index contributed by atoms with van der Waals surface area (Å²) in [5.41, 5.74) is 0. The van der Waals surface area contributed by atoms with Gasteiger partial charge in [-0.3, -0.25) is 0 Å². The van der Waals surface area contributed by atoms with Crippen LogP contribution in [0.4, 0.5) is 4.79 Å². The van der Waals surface area contributed by atoms with Crippen LogP contribution in [0, 0.1) is 0 Å². The SMILES string of the molecule is O=C(O)O.[H+].[H-].[Na+].